The number of fused-ring (bicyclic) bond motifs is 2. The molecule has 1 aliphatic heterocycles. The maximum Gasteiger partial charge on any atom is 0.338 e. The monoisotopic (exact) mass is 426 g/mol. The molecule has 0 fully saturated rings. The van der Waals surface area contributed by atoms with E-state index in [1.807, 2.05) is 0 Å². The molecule has 6 nitrogen and oxygen atoms in total. The van der Waals surface area contributed by atoms with E-state index in [1.165, 1.54) is 54.6 Å². The van der Waals surface area contributed by atoms with Crippen molar-refractivity contribution >= 4 is 21.6 Å². The summed E-state index contributed by atoms with van der Waals surface area (Å²) in [5.74, 6) is -1.13. The summed E-state index contributed by atoms with van der Waals surface area (Å²) in [6.07, 6.45) is 0. The highest BCUT2D eigenvalue weighted by Crippen LogP contribution is 2.34. The SMILES string of the molecule is O=C(OCCOc1ccc(F)cc1)c1ccc2c(c1)S(=O)(=O)c1ccccc1C2=O. The normalized spacial score (nSPS) is 13.8. The Morgan fingerprint density at radius 1 is 0.867 bits per heavy atom. The second kappa shape index (κ2) is 7.72. The lowest BCUT2D eigenvalue weighted by atomic mass is 10.0. The number of sulfone groups is 1. The van der Waals surface area contributed by atoms with Crippen LogP contribution in [-0.4, -0.2) is 33.4 Å². The Morgan fingerprint density at radius 3 is 2.33 bits per heavy atom. The number of ether oxygens (including phenoxy) is 2. The predicted molar refractivity (Wildman–Crippen MR) is 104 cm³/mol. The van der Waals surface area contributed by atoms with Gasteiger partial charge in [0.05, 0.1) is 15.4 Å². The second-order valence-electron chi connectivity index (χ2n) is 6.48. The number of esters is 1. The zero-order valence-corrected chi connectivity index (χ0v) is 16.3. The Hall–Kier alpha value is -3.52. The molecular weight excluding hydrogens is 411 g/mol. The third-order valence-electron chi connectivity index (χ3n) is 4.57. The Balaban J connectivity index is 1.48. The van der Waals surface area contributed by atoms with Crippen LogP contribution in [0, 0.1) is 5.82 Å². The fourth-order valence-electron chi connectivity index (χ4n) is 3.12. The number of hydrogen-bond donors (Lipinski definition) is 0. The first-order valence-electron chi connectivity index (χ1n) is 8.96. The number of halogens is 1. The van der Waals surface area contributed by atoms with Crippen molar-refractivity contribution in [2.75, 3.05) is 13.2 Å². The van der Waals surface area contributed by atoms with Crippen LogP contribution in [-0.2, 0) is 14.6 Å². The van der Waals surface area contributed by atoms with Gasteiger partial charge in [-0.2, -0.15) is 0 Å². The molecule has 0 N–H and O–H groups in total. The minimum Gasteiger partial charge on any atom is -0.490 e. The first kappa shape index (κ1) is 19.8. The topological polar surface area (TPSA) is 86.7 Å². The molecule has 0 amide bonds. The van der Waals surface area contributed by atoms with Crippen LogP contribution in [0.2, 0.25) is 0 Å². The number of ketones is 1. The zero-order chi connectivity index (χ0) is 21.3. The zero-order valence-electron chi connectivity index (χ0n) is 15.5. The maximum atomic E-state index is 12.9. The van der Waals surface area contributed by atoms with Crippen LogP contribution in [0.1, 0.15) is 26.3 Å². The molecule has 3 aromatic carbocycles. The summed E-state index contributed by atoms with van der Waals surface area (Å²) in [6.45, 7) is -0.0612. The van der Waals surface area contributed by atoms with E-state index < -0.39 is 27.4 Å². The van der Waals surface area contributed by atoms with Crippen LogP contribution in [0.3, 0.4) is 0 Å². The third-order valence-corrected chi connectivity index (χ3v) is 6.42. The molecule has 0 saturated carbocycles. The third kappa shape index (κ3) is 3.57. The van der Waals surface area contributed by atoms with E-state index in [2.05, 4.69) is 0 Å². The maximum absolute atomic E-state index is 12.9. The molecule has 0 spiro atoms. The van der Waals surface area contributed by atoms with Crippen LogP contribution in [0.25, 0.3) is 0 Å². The average Bonchev–Trinajstić information content (AvgIpc) is 2.76. The average molecular weight is 426 g/mol. The minimum atomic E-state index is -3.94. The lowest BCUT2D eigenvalue weighted by Gasteiger charge is -2.19. The first-order chi connectivity index (χ1) is 14.4. The molecule has 152 valence electrons. The van der Waals surface area contributed by atoms with Gasteiger partial charge in [-0.1, -0.05) is 12.1 Å². The molecular formula is C22H15FO6S. The molecule has 0 unspecified atom stereocenters. The molecule has 1 heterocycles. The molecule has 0 bridgehead atoms. The molecule has 0 radical (unpaired) electrons. The van der Waals surface area contributed by atoms with Gasteiger partial charge in [-0.05, 0) is 54.6 Å². The number of hydrogen-bond acceptors (Lipinski definition) is 6. The van der Waals surface area contributed by atoms with E-state index in [4.69, 9.17) is 9.47 Å². The van der Waals surface area contributed by atoms with Crippen molar-refractivity contribution < 1.29 is 31.9 Å². The van der Waals surface area contributed by atoms with Crippen LogP contribution >= 0.6 is 0 Å². The van der Waals surface area contributed by atoms with Crippen LogP contribution < -0.4 is 4.74 Å². The fourth-order valence-corrected chi connectivity index (χ4v) is 4.80. The van der Waals surface area contributed by atoms with Gasteiger partial charge in [-0.15, -0.1) is 0 Å². The van der Waals surface area contributed by atoms with E-state index in [-0.39, 0.29) is 39.7 Å². The molecule has 8 heteroatoms. The molecule has 1 aliphatic rings. The summed E-state index contributed by atoms with van der Waals surface area (Å²) in [7, 11) is -3.94. The predicted octanol–water partition coefficient (Wildman–Crippen LogP) is 3.44. The van der Waals surface area contributed by atoms with Crippen LogP contribution in [0.4, 0.5) is 4.39 Å². The van der Waals surface area contributed by atoms with Crippen molar-refractivity contribution in [3.63, 3.8) is 0 Å². The fraction of sp³-hybridized carbons (Fsp3) is 0.0909. The quantitative estimate of drug-likeness (QED) is 0.359. The van der Waals surface area contributed by atoms with Crippen LogP contribution in [0.5, 0.6) is 5.75 Å². The van der Waals surface area contributed by atoms with E-state index in [9.17, 15) is 22.4 Å². The standard InChI is InChI=1S/C22H15FO6S/c23-15-6-8-16(9-7-15)28-11-12-29-22(25)14-5-10-18-20(13-14)30(26,27)19-4-2-1-3-17(19)21(18)24/h1-10,13H,11-12H2. The second-order valence-corrected chi connectivity index (χ2v) is 8.36. The van der Waals surface area contributed by atoms with Gasteiger partial charge in [0.25, 0.3) is 0 Å². The number of carbonyl (C=O) groups is 2. The molecule has 0 saturated heterocycles. The number of carbonyl (C=O) groups excluding carboxylic acids is 2. The van der Waals surface area contributed by atoms with E-state index in [1.54, 1.807) is 6.07 Å². The highest BCUT2D eigenvalue weighted by atomic mass is 32.2. The molecule has 0 aliphatic carbocycles. The Bertz CT molecular complexity index is 1250. The van der Waals surface area contributed by atoms with Crippen molar-refractivity contribution in [1.82, 2.24) is 0 Å². The largest absolute Gasteiger partial charge is 0.490 e. The van der Waals surface area contributed by atoms with Gasteiger partial charge in [-0.25, -0.2) is 17.6 Å². The molecule has 0 aromatic heterocycles. The van der Waals surface area contributed by atoms with Crippen molar-refractivity contribution in [2.24, 2.45) is 0 Å². The van der Waals surface area contributed by atoms with Gasteiger partial charge >= 0.3 is 5.97 Å². The summed E-state index contributed by atoms with van der Waals surface area (Å²) in [5, 5.41) is 0. The highest BCUT2D eigenvalue weighted by Gasteiger charge is 2.35. The van der Waals surface area contributed by atoms with Crippen molar-refractivity contribution in [3.8, 4) is 5.75 Å². The van der Waals surface area contributed by atoms with Crippen LogP contribution in [0.15, 0.2) is 76.5 Å². The summed E-state index contributed by atoms with van der Waals surface area (Å²) >= 11 is 0. The van der Waals surface area contributed by atoms with Gasteiger partial charge in [0.2, 0.25) is 9.84 Å². The summed E-state index contributed by atoms with van der Waals surface area (Å²) in [6, 6.07) is 15.2. The van der Waals surface area contributed by atoms with Crippen molar-refractivity contribution in [3.05, 3.63) is 89.2 Å². The van der Waals surface area contributed by atoms with Crippen molar-refractivity contribution in [2.45, 2.75) is 9.79 Å². The molecule has 3 aromatic rings. The summed E-state index contributed by atoms with van der Waals surface area (Å²) in [4.78, 5) is 24.6. The number of benzene rings is 3. The van der Waals surface area contributed by atoms with Crippen molar-refractivity contribution in [1.29, 1.82) is 0 Å². The first-order valence-corrected chi connectivity index (χ1v) is 10.4. The van der Waals surface area contributed by atoms with E-state index >= 15 is 0 Å². The van der Waals surface area contributed by atoms with E-state index in [0.717, 1.165) is 6.07 Å². The number of rotatable bonds is 5. The van der Waals surface area contributed by atoms with Gasteiger partial charge in [0.15, 0.2) is 5.78 Å². The Kier molecular flexibility index (Phi) is 5.09. The minimum absolute atomic E-state index is 0.00582. The van der Waals surface area contributed by atoms with Gasteiger partial charge in [0.1, 0.15) is 24.8 Å². The Morgan fingerprint density at radius 2 is 1.57 bits per heavy atom. The lowest BCUT2D eigenvalue weighted by Crippen LogP contribution is -2.21. The van der Waals surface area contributed by atoms with Gasteiger partial charge in [0, 0.05) is 11.1 Å². The molecule has 4 rings (SSSR count). The van der Waals surface area contributed by atoms with E-state index in [0.29, 0.717) is 5.75 Å². The Labute approximate surface area is 171 Å². The summed E-state index contributed by atoms with van der Waals surface area (Å²) < 4.78 is 49.1. The van der Waals surface area contributed by atoms with Gasteiger partial charge in [-0.3, -0.25) is 4.79 Å². The summed E-state index contributed by atoms with van der Waals surface area (Å²) in [5.41, 5.74) is 0.134. The molecule has 30 heavy (non-hydrogen) atoms. The van der Waals surface area contributed by atoms with Gasteiger partial charge < -0.3 is 9.47 Å². The highest BCUT2D eigenvalue weighted by molar-refractivity contribution is 7.91. The lowest BCUT2D eigenvalue weighted by molar-refractivity contribution is 0.0450. The smallest absolute Gasteiger partial charge is 0.338 e. The molecule has 0 atom stereocenters.